The molecule has 0 spiro atoms. The molecular formula is C9H12N4O. The minimum Gasteiger partial charge on any atom is -0.365 e. The Balaban J connectivity index is 1.97. The van der Waals surface area contributed by atoms with Gasteiger partial charge in [-0.25, -0.2) is 9.97 Å². The van der Waals surface area contributed by atoms with Gasteiger partial charge in [-0.1, -0.05) is 0 Å². The van der Waals surface area contributed by atoms with Gasteiger partial charge in [-0.15, -0.1) is 0 Å². The van der Waals surface area contributed by atoms with Gasteiger partial charge in [0.1, 0.15) is 12.1 Å². The predicted molar refractivity (Wildman–Crippen MR) is 51.7 cm³/mol. The molecule has 0 bridgehead atoms. The molecule has 1 aromatic heterocycles. The van der Waals surface area contributed by atoms with Gasteiger partial charge in [0.05, 0.1) is 6.04 Å². The summed E-state index contributed by atoms with van der Waals surface area (Å²) in [7, 11) is 1.81. The molecule has 1 aliphatic heterocycles. The Bertz CT molecular complexity index is 327. The first-order valence-electron chi connectivity index (χ1n) is 4.52. The van der Waals surface area contributed by atoms with Crippen LogP contribution in [0.1, 0.15) is 6.42 Å². The molecule has 2 heterocycles. The smallest absolute Gasteiger partial charge is 0.224 e. The van der Waals surface area contributed by atoms with Crippen LogP contribution in [0.25, 0.3) is 0 Å². The summed E-state index contributed by atoms with van der Waals surface area (Å²) in [4.78, 5) is 20.8. The van der Waals surface area contributed by atoms with Crippen LogP contribution < -0.4 is 5.32 Å². The number of aromatic nitrogens is 2. The van der Waals surface area contributed by atoms with Crippen LogP contribution >= 0.6 is 0 Å². The maximum atomic E-state index is 11.2. The summed E-state index contributed by atoms with van der Waals surface area (Å²) < 4.78 is 0. The van der Waals surface area contributed by atoms with E-state index in [1.54, 1.807) is 17.2 Å². The Morgan fingerprint density at radius 1 is 1.64 bits per heavy atom. The molecule has 5 heteroatoms. The van der Waals surface area contributed by atoms with E-state index in [1.165, 1.54) is 6.33 Å². The molecule has 0 saturated carbocycles. The number of carbonyl (C=O) groups is 1. The minimum absolute atomic E-state index is 0.169. The van der Waals surface area contributed by atoms with Gasteiger partial charge >= 0.3 is 0 Å². The number of rotatable bonds is 2. The summed E-state index contributed by atoms with van der Waals surface area (Å²) in [6.45, 7) is 0.739. The molecule has 1 atom stereocenters. The first-order valence-corrected chi connectivity index (χ1v) is 4.52. The van der Waals surface area contributed by atoms with Crippen molar-refractivity contribution in [1.82, 2.24) is 14.9 Å². The highest BCUT2D eigenvalue weighted by Gasteiger charge is 2.26. The number of hydrogen-bond donors (Lipinski definition) is 1. The third-order valence-corrected chi connectivity index (χ3v) is 2.27. The Hall–Kier alpha value is -1.65. The summed E-state index contributed by atoms with van der Waals surface area (Å²) in [5.74, 6) is 0.949. The SMILES string of the molecule is CN1CC(Nc2ccncn2)CC1=O. The number of likely N-dealkylation sites (N-methyl/N-ethyl adjacent to an activating group) is 1. The van der Waals surface area contributed by atoms with E-state index in [0.717, 1.165) is 12.4 Å². The van der Waals surface area contributed by atoms with Gasteiger partial charge in [0.2, 0.25) is 5.91 Å². The van der Waals surface area contributed by atoms with Gasteiger partial charge in [-0.3, -0.25) is 4.79 Å². The second kappa shape index (κ2) is 3.61. The van der Waals surface area contributed by atoms with Crippen LogP contribution in [0.3, 0.4) is 0 Å². The van der Waals surface area contributed by atoms with E-state index >= 15 is 0 Å². The van der Waals surface area contributed by atoms with Crippen molar-refractivity contribution in [2.75, 3.05) is 18.9 Å². The van der Waals surface area contributed by atoms with Crippen molar-refractivity contribution < 1.29 is 4.79 Å². The van der Waals surface area contributed by atoms with E-state index in [1.807, 2.05) is 7.05 Å². The average Bonchev–Trinajstić information content (AvgIpc) is 2.47. The molecule has 1 fully saturated rings. The number of amides is 1. The lowest BCUT2D eigenvalue weighted by atomic mass is 10.2. The van der Waals surface area contributed by atoms with Crippen LogP contribution in [-0.4, -0.2) is 40.4 Å². The monoisotopic (exact) mass is 192 g/mol. The molecule has 74 valence electrons. The molecule has 0 radical (unpaired) electrons. The third kappa shape index (κ3) is 1.81. The summed E-state index contributed by atoms with van der Waals surface area (Å²) in [6, 6.07) is 1.96. The summed E-state index contributed by atoms with van der Waals surface area (Å²) in [6.07, 6.45) is 3.71. The van der Waals surface area contributed by atoms with E-state index < -0.39 is 0 Å². The quantitative estimate of drug-likeness (QED) is 0.723. The zero-order valence-corrected chi connectivity index (χ0v) is 7.97. The van der Waals surface area contributed by atoms with Gasteiger partial charge in [-0.05, 0) is 6.07 Å². The molecule has 0 aliphatic carbocycles. The summed E-state index contributed by atoms with van der Waals surface area (Å²) in [5.41, 5.74) is 0. The Labute approximate surface area is 82.2 Å². The molecule has 1 saturated heterocycles. The molecule has 1 N–H and O–H groups in total. The first kappa shape index (κ1) is 8.93. The topological polar surface area (TPSA) is 58.1 Å². The van der Waals surface area contributed by atoms with Crippen LogP contribution in [0.4, 0.5) is 5.82 Å². The lowest BCUT2D eigenvalue weighted by molar-refractivity contribution is -0.126. The Kier molecular flexibility index (Phi) is 2.30. The summed E-state index contributed by atoms with van der Waals surface area (Å²) >= 11 is 0. The van der Waals surface area contributed by atoms with Crippen molar-refractivity contribution in [3.05, 3.63) is 18.6 Å². The zero-order valence-electron chi connectivity index (χ0n) is 7.97. The van der Waals surface area contributed by atoms with Crippen molar-refractivity contribution in [3.8, 4) is 0 Å². The highest BCUT2D eigenvalue weighted by Crippen LogP contribution is 2.12. The van der Waals surface area contributed by atoms with Gasteiger partial charge in [0, 0.05) is 26.2 Å². The highest BCUT2D eigenvalue weighted by atomic mass is 16.2. The Morgan fingerprint density at radius 3 is 3.07 bits per heavy atom. The van der Waals surface area contributed by atoms with E-state index in [-0.39, 0.29) is 11.9 Å². The number of nitrogens with zero attached hydrogens (tertiary/aromatic N) is 3. The zero-order chi connectivity index (χ0) is 9.97. The van der Waals surface area contributed by atoms with E-state index in [4.69, 9.17) is 0 Å². The lowest BCUT2D eigenvalue weighted by Gasteiger charge is -2.12. The van der Waals surface area contributed by atoms with Crippen molar-refractivity contribution in [2.45, 2.75) is 12.5 Å². The number of likely N-dealkylation sites (tertiary alicyclic amines) is 1. The molecule has 1 unspecified atom stereocenters. The predicted octanol–water partition coefficient (Wildman–Crippen LogP) is 0.119. The third-order valence-electron chi connectivity index (χ3n) is 2.27. The number of hydrogen-bond acceptors (Lipinski definition) is 4. The largest absolute Gasteiger partial charge is 0.365 e. The van der Waals surface area contributed by atoms with Gasteiger partial charge in [0.25, 0.3) is 0 Å². The fraction of sp³-hybridized carbons (Fsp3) is 0.444. The number of nitrogens with one attached hydrogen (secondary N) is 1. The number of carbonyl (C=O) groups excluding carboxylic acids is 1. The summed E-state index contributed by atoms with van der Waals surface area (Å²) in [5, 5.41) is 3.19. The minimum atomic E-state index is 0.169. The second-order valence-corrected chi connectivity index (χ2v) is 3.41. The molecule has 14 heavy (non-hydrogen) atoms. The second-order valence-electron chi connectivity index (χ2n) is 3.41. The maximum Gasteiger partial charge on any atom is 0.224 e. The maximum absolute atomic E-state index is 11.2. The molecule has 2 rings (SSSR count). The van der Waals surface area contributed by atoms with Gasteiger partial charge in [-0.2, -0.15) is 0 Å². The van der Waals surface area contributed by atoms with Crippen LogP contribution in [0.5, 0.6) is 0 Å². The molecule has 1 aromatic rings. The van der Waals surface area contributed by atoms with E-state index in [9.17, 15) is 4.79 Å². The van der Waals surface area contributed by atoms with Crippen LogP contribution in [-0.2, 0) is 4.79 Å². The molecule has 1 amide bonds. The highest BCUT2D eigenvalue weighted by molar-refractivity contribution is 5.79. The Morgan fingerprint density at radius 2 is 2.50 bits per heavy atom. The van der Waals surface area contributed by atoms with E-state index in [2.05, 4.69) is 15.3 Å². The first-order chi connectivity index (χ1) is 6.75. The molecule has 1 aliphatic rings. The van der Waals surface area contributed by atoms with Crippen LogP contribution in [0, 0.1) is 0 Å². The van der Waals surface area contributed by atoms with E-state index in [0.29, 0.717) is 6.42 Å². The van der Waals surface area contributed by atoms with Gasteiger partial charge in [0.15, 0.2) is 0 Å². The molecular weight excluding hydrogens is 180 g/mol. The van der Waals surface area contributed by atoms with Crippen molar-refractivity contribution in [2.24, 2.45) is 0 Å². The van der Waals surface area contributed by atoms with Crippen molar-refractivity contribution >= 4 is 11.7 Å². The standard InChI is InChI=1S/C9H12N4O/c1-13-5-7(4-9(13)14)12-8-2-3-10-6-11-8/h2-3,6-7H,4-5H2,1H3,(H,10,11,12). The number of anilines is 1. The average molecular weight is 192 g/mol. The fourth-order valence-electron chi connectivity index (χ4n) is 1.55. The van der Waals surface area contributed by atoms with Crippen molar-refractivity contribution in [1.29, 1.82) is 0 Å². The van der Waals surface area contributed by atoms with Gasteiger partial charge < -0.3 is 10.2 Å². The fourth-order valence-corrected chi connectivity index (χ4v) is 1.55. The van der Waals surface area contributed by atoms with Crippen molar-refractivity contribution in [3.63, 3.8) is 0 Å². The molecule has 5 nitrogen and oxygen atoms in total. The normalized spacial score (nSPS) is 21.4. The lowest BCUT2D eigenvalue weighted by Crippen LogP contribution is -2.24. The van der Waals surface area contributed by atoms with Crippen LogP contribution in [0.2, 0.25) is 0 Å². The molecule has 0 aromatic carbocycles. The van der Waals surface area contributed by atoms with Crippen LogP contribution in [0.15, 0.2) is 18.6 Å².